The molecule has 1 saturated carbocycles. The molecule has 172 valence electrons. The van der Waals surface area contributed by atoms with Crippen LogP contribution < -0.4 is 10.6 Å². The highest BCUT2D eigenvalue weighted by Gasteiger charge is 2.52. The highest BCUT2D eigenvalue weighted by atomic mass is 19.1. The van der Waals surface area contributed by atoms with Crippen molar-refractivity contribution in [1.82, 2.24) is 5.32 Å². The van der Waals surface area contributed by atoms with Crippen molar-refractivity contribution in [3.8, 4) is 11.1 Å². The molecule has 3 aromatic carbocycles. The van der Waals surface area contributed by atoms with E-state index in [0.29, 0.717) is 0 Å². The molecule has 7 nitrogen and oxygen atoms in total. The molecule has 1 fully saturated rings. The monoisotopic (exact) mass is 460 g/mol. The second kappa shape index (κ2) is 8.30. The number of fused-ring (bicyclic) bond motifs is 3. The predicted octanol–water partition coefficient (Wildman–Crippen LogP) is 4.53. The summed E-state index contributed by atoms with van der Waals surface area (Å²) in [6.45, 7) is 0.0583. The van der Waals surface area contributed by atoms with E-state index in [0.717, 1.165) is 22.3 Å². The zero-order valence-electron chi connectivity index (χ0n) is 18.0. The Morgan fingerprint density at radius 3 is 2.15 bits per heavy atom. The minimum Gasteiger partial charge on any atom is -0.480 e. The molecule has 8 heteroatoms. The smallest absolute Gasteiger partial charge is 0.411 e. The van der Waals surface area contributed by atoms with E-state index >= 15 is 0 Å². The molecule has 0 aromatic heterocycles. The van der Waals surface area contributed by atoms with E-state index < -0.39 is 29.3 Å². The lowest BCUT2D eigenvalue weighted by atomic mass is 9.98. The highest BCUT2D eigenvalue weighted by molar-refractivity contribution is 6.00. The predicted molar refractivity (Wildman–Crippen MR) is 122 cm³/mol. The van der Waals surface area contributed by atoms with Crippen LogP contribution in [0.5, 0.6) is 0 Å². The first-order chi connectivity index (χ1) is 16.4. The fraction of sp³-hybridized carbons (Fsp3) is 0.192. The molecule has 3 aromatic rings. The van der Waals surface area contributed by atoms with Crippen LogP contribution in [0.2, 0.25) is 0 Å². The summed E-state index contributed by atoms with van der Waals surface area (Å²) in [6, 6.07) is 19.7. The van der Waals surface area contributed by atoms with Crippen LogP contribution >= 0.6 is 0 Å². The molecule has 3 N–H and O–H groups in total. The first kappa shape index (κ1) is 21.6. The number of ether oxygens (including phenoxy) is 1. The summed E-state index contributed by atoms with van der Waals surface area (Å²) in [5.74, 6) is -3.12. The Morgan fingerprint density at radius 2 is 1.56 bits per heavy atom. The fourth-order valence-electron chi connectivity index (χ4n) is 4.35. The first-order valence-electron chi connectivity index (χ1n) is 10.9. The van der Waals surface area contributed by atoms with Gasteiger partial charge in [0, 0.05) is 5.92 Å². The Balaban J connectivity index is 1.27. The summed E-state index contributed by atoms with van der Waals surface area (Å²) in [4.78, 5) is 36.2. The average molecular weight is 460 g/mol. The van der Waals surface area contributed by atoms with Crippen LogP contribution in [0.25, 0.3) is 11.1 Å². The number of carbonyl (C=O) groups excluding carboxylic acids is 2. The van der Waals surface area contributed by atoms with Gasteiger partial charge in [-0.05, 0) is 47.2 Å². The molecule has 0 bridgehead atoms. The van der Waals surface area contributed by atoms with Crippen molar-refractivity contribution in [2.24, 2.45) is 0 Å². The normalized spacial score (nSPS) is 15.1. The van der Waals surface area contributed by atoms with Crippen molar-refractivity contribution >= 4 is 23.7 Å². The third-order valence-electron chi connectivity index (χ3n) is 6.34. The number of amides is 2. The van der Waals surface area contributed by atoms with E-state index in [-0.39, 0.29) is 36.6 Å². The second-order valence-corrected chi connectivity index (χ2v) is 8.46. The summed E-state index contributed by atoms with van der Waals surface area (Å²) in [7, 11) is 0. The van der Waals surface area contributed by atoms with Crippen LogP contribution in [0.15, 0.2) is 66.7 Å². The maximum atomic E-state index is 14.9. The van der Waals surface area contributed by atoms with Crippen LogP contribution in [0.3, 0.4) is 0 Å². The molecule has 0 radical (unpaired) electrons. The van der Waals surface area contributed by atoms with Crippen molar-refractivity contribution in [3.63, 3.8) is 0 Å². The minimum atomic E-state index is -1.35. The molecule has 0 atom stereocenters. The molecule has 0 spiro atoms. The van der Waals surface area contributed by atoms with Gasteiger partial charge in [0.15, 0.2) is 5.82 Å². The molecule has 2 aliphatic carbocycles. The molecule has 2 aliphatic rings. The van der Waals surface area contributed by atoms with Gasteiger partial charge in [0.25, 0.3) is 5.91 Å². The number of rotatable bonds is 6. The Hall–Kier alpha value is -4.20. The van der Waals surface area contributed by atoms with E-state index in [2.05, 4.69) is 10.6 Å². The fourth-order valence-corrected chi connectivity index (χ4v) is 4.35. The van der Waals surface area contributed by atoms with Gasteiger partial charge in [-0.25, -0.2) is 14.0 Å². The van der Waals surface area contributed by atoms with Crippen LogP contribution in [-0.4, -0.2) is 35.2 Å². The number of carboxylic acid groups (broad SMARTS) is 1. The standard InChI is InChI=1S/C26H21FN2O5/c27-22-19(23(30)29-26(12-13-26)24(31)32)10-5-11-21(22)28-25(33)34-14-20-17-8-3-1-6-15(17)16-7-2-4-9-18(16)20/h1-11,20H,12-14H2,(H,28,33)(H,29,30)(H,31,32). The second-order valence-electron chi connectivity index (χ2n) is 8.46. The molecule has 0 heterocycles. The third-order valence-corrected chi connectivity index (χ3v) is 6.34. The molecule has 0 aliphatic heterocycles. The zero-order chi connectivity index (χ0) is 23.9. The number of halogens is 1. The summed E-state index contributed by atoms with van der Waals surface area (Å²) in [5.41, 5.74) is 2.34. The number of aliphatic carboxylic acids is 1. The summed E-state index contributed by atoms with van der Waals surface area (Å²) in [6.07, 6.45) is -0.289. The molecule has 5 rings (SSSR count). The Morgan fingerprint density at radius 1 is 0.941 bits per heavy atom. The maximum absolute atomic E-state index is 14.9. The van der Waals surface area contributed by atoms with Gasteiger partial charge in [-0.2, -0.15) is 0 Å². The average Bonchev–Trinajstić information content (AvgIpc) is 3.55. The number of carboxylic acids is 1. The van der Waals surface area contributed by atoms with Gasteiger partial charge in [0.1, 0.15) is 12.1 Å². The van der Waals surface area contributed by atoms with Gasteiger partial charge in [0.2, 0.25) is 0 Å². The van der Waals surface area contributed by atoms with Gasteiger partial charge in [-0.1, -0.05) is 54.6 Å². The van der Waals surface area contributed by atoms with Gasteiger partial charge in [-0.3, -0.25) is 10.1 Å². The van der Waals surface area contributed by atoms with Gasteiger partial charge >= 0.3 is 12.1 Å². The van der Waals surface area contributed by atoms with Crippen LogP contribution in [0.1, 0.15) is 40.2 Å². The molecular formula is C26H21FN2O5. The minimum absolute atomic E-state index is 0.0583. The number of carbonyl (C=O) groups is 3. The highest BCUT2D eigenvalue weighted by Crippen LogP contribution is 2.44. The van der Waals surface area contributed by atoms with Crippen LogP contribution in [0.4, 0.5) is 14.9 Å². The quantitative estimate of drug-likeness (QED) is 0.501. The van der Waals surface area contributed by atoms with Crippen molar-refractivity contribution in [3.05, 3.63) is 89.2 Å². The summed E-state index contributed by atoms with van der Waals surface area (Å²) < 4.78 is 20.4. The lowest BCUT2D eigenvalue weighted by Crippen LogP contribution is -2.43. The van der Waals surface area contributed by atoms with Crippen LogP contribution in [-0.2, 0) is 9.53 Å². The zero-order valence-corrected chi connectivity index (χ0v) is 18.0. The van der Waals surface area contributed by atoms with E-state index in [9.17, 15) is 23.9 Å². The van der Waals surface area contributed by atoms with Crippen molar-refractivity contribution in [2.75, 3.05) is 11.9 Å². The molecular weight excluding hydrogens is 439 g/mol. The van der Waals surface area contributed by atoms with Crippen LogP contribution in [0, 0.1) is 5.82 Å². The Kier molecular flexibility index (Phi) is 5.28. The van der Waals surface area contributed by atoms with E-state index in [1.165, 1.54) is 18.2 Å². The van der Waals surface area contributed by atoms with Gasteiger partial charge < -0.3 is 15.2 Å². The van der Waals surface area contributed by atoms with Gasteiger partial charge in [0.05, 0.1) is 11.3 Å². The molecule has 34 heavy (non-hydrogen) atoms. The molecule has 0 unspecified atom stereocenters. The number of hydrogen-bond donors (Lipinski definition) is 3. The largest absolute Gasteiger partial charge is 0.480 e. The summed E-state index contributed by atoms with van der Waals surface area (Å²) >= 11 is 0. The Labute approximate surface area is 194 Å². The van der Waals surface area contributed by atoms with Crippen molar-refractivity contribution in [1.29, 1.82) is 0 Å². The molecule has 2 amide bonds. The lowest BCUT2D eigenvalue weighted by Gasteiger charge is -2.16. The van der Waals surface area contributed by atoms with E-state index in [1.54, 1.807) is 0 Å². The van der Waals surface area contributed by atoms with Crippen molar-refractivity contribution in [2.45, 2.75) is 24.3 Å². The number of hydrogen-bond acceptors (Lipinski definition) is 4. The number of anilines is 1. The maximum Gasteiger partial charge on any atom is 0.411 e. The third kappa shape index (κ3) is 3.77. The van der Waals surface area contributed by atoms with E-state index in [4.69, 9.17) is 4.74 Å². The SMILES string of the molecule is O=C(Nc1cccc(C(=O)NC2(C(=O)O)CC2)c1F)OCC1c2ccccc2-c2ccccc21. The number of nitrogens with one attached hydrogen (secondary N) is 2. The van der Waals surface area contributed by atoms with E-state index in [1.807, 2.05) is 48.5 Å². The first-order valence-corrected chi connectivity index (χ1v) is 10.9. The molecule has 0 saturated heterocycles. The topological polar surface area (TPSA) is 105 Å². The Bertz CT molecular complexity index is 1270. The number of benzene rings is 3. The summed E-state index contributed by atoms with van der Waals surface area (Å²) in [5, 5.41) is 13.9. The van der Waals surface area contributed by atoms with Gasteiger partial charge in [-0.15, -0.1) is 0 Å². The van der Waals surface area contributed by atoms with Crippen molar-refractivity contribution < 1.29 is 28.6 Å². The lowest BCUT2D eigenvalue weighted by molar-refractivity contribution is -0.140.